The fraction of sp³-hybridized carbons (Fsp3) is 0.231. The van der Waals surface area contributed by atoms with Crippen LogP contribution in [0.3, 0.4) is 0 Å². The summed E-state index contributed by atoms with van der Waals surface area (Å²) in [5, 5.41) is 3.48. The summed E-state index contributed by atoms with van der Waals surface area (Å²) in [6, 6.07) is 12.7. The summed E-state index contributed by atoms with van der Waals surface area (Å²) >= 11 is 11.0. The van der Waals surface area contributed by atoms with Crippen LogP contribution in [0.2, 0.25) is 4.34 Å². The fourth-order valence-electron chi connectivity index (χ4n) is 1.53. The first-order valence-electron chi connectivity index (χ1n) is 5.38. The summed E-state index contributed by atoms with van der Waals surface area (Å²) < 4.78 is 1.96. The molecule has 1 N–H and O–H groups in total. The lowest BCUT2D eigenvalue weighted by atomic mass is 10.2. The molecule has 90 valence electrons. The van der Waals surface area contributed by atoms with Crippen molar-refractivity contribution in [1.82, 2.24) is 5.32 Å². The van der Waals surface area contributed by atoms with Gasteiger partial charge >= 0.3 is 0 Å². The highest BCUT2D eigenvalue weighted by molar-refractivity contribution is 9.10. The number of rotatable bonds is 4. The predicted molar refractivity (Wildman–Crippen MR) is 78.7 cm³/mol. The van der Waals surface area contributed by atoms with E-state index in [9.17, 15) is 0 Å². The van der Waals surface area contributed by atoms with Crippen LogP contribution in [0.1, 0.15) is 23.4 Å². The molecule has 1 aromatic carbocycles. The molecular weight excluding hydrogens is 318 g/mol. The minimum Gasteiger partial charge on any atom is -0.305 e. The minimum absolute atomic E-state index is 0.330. The third-order valence-electron chi connectivity index (χ3n) is 2.55. The molecule has 2 rings (SSSR count). The van der Waals surface area contributed by atoms with Gasteiger partial charge in [0.25, 0.3) is 0 Å². The molecule has 0 radical (unpaired) electrons. The summed E-state index contributed by atoms with van der Waals surface area (Å²) in [6.07, 6.45) is 0. The summed E-state index contributed by atoms with van der Waals surface area (Å²) in [4.78, 5) is 1.27. The first kappa shape index (κ1) is 13.1. The molecule has 0 saturated heterocycles. The molecule has 4 heteroatoms. The van der Waals surface area contributed by atoms with Gasteiger partial charge in [0.05, 0.1) is 4.34 Å². The Morgan fingerprint density at radius 3 is 2.53 bits per heavy atom. The number of benzene rings is 1. The first-order chi connectivity index (χ1) is 8.15. The van der Waals surface area contributed by atoms with E-state index in [0.29, 0.717) is 6.04 Å². The molecule has 0 aliphatic heterocycles. The van der Waals surface area contributed by atoms with Crippen molar-refractivity contribution in [2.24, 2.45) is 0 Å². The lowest BCUT2D eigenvalue weighted by Gasteiger charge is -2.12. The maximum absolute atomic E-state index is 5.92. The molecule has 0 aliphatic rings. The zero-order valence-electron chi connectivity index (χ0n) is 9.41. The number of thiophene rings is 1. The highest BCUT2D eigenvalue weighted by atomic mass is 79.9. The van der Waals surface area contributed by atoms with E-state index in [1.54, 1.807) is 11.3 Å². The van der Waals surface area contributed by atoms with Gasteiger partial charge in [-0.25, -0.2) is 0 Å². The van der Waals surface area contributed by atoms with Crippen LogP contribution in [0.15, 0.2) is 40.9 Å². The quantitative estimate of drug-likeness (QED) is 0.830. The zero-order valence-corrected chi connectivity index (χ0v) is 12.6. The molecule has 1 heterocycles. The molecule has 2 aromatic rings. The van der Waals surface area contributed by atoms with Gasteiger partial charge in [-0.3, -0.25) is 0 Å². The van der Waals surface area contributed by atoms with E-state index < -0.39 is 0 Å². The molecule has 17 heavy (non-hydrogen) atoms. The van der Waals surface area contributed by atoms with Crippen molar-refractivity contribution in [2.45, 2.75) is 19.5 Å². The van der Waals surface area contributed by atoms with Crippen molar-refractivity contribution < 1.29 is 0 Å². The number of hydrogen-bond donors (Lipinski definition) is 1. The maximum atomic E-state index is 5.92. The second kappa shape index (κ2) is 6.01. The van der Waals surface area contributed by atoms with Crippen LogP contribution in [0.4, 0.5) is 0 Å². The SMILES string of the molecule is CC(NCc1ccc(Br)cc1)c1ccc(Cl)s1. The Hall–Kier alpha value is -0.350. The Morgan fingerprint density at radius 2 is 1.94 bits per heavy atom. The van der Waals surface area contributed by atoms with Crippen molar-refractivity contribution >= 4 is 38.9 Å². The molecule has 0 bridgehead atoms. The van der Waals surface area contributed by atoms with E-state index >= 15 is 0 Å². The number of nitrogens with one attached hydrogen (secondary N) is 1. The standard InChI is InChI=1S/C13H13BrClNS/c1-9(12-6-7-13(15)17-12)16-8-10-2-4-11(14)5-3-10/h2-7,9,16H,8H2,1H3. The molecule has 0 fully saturated rings. The van der Waals surface area contributed by atoms with Gasteiger partial charge in [-0.1, -0.05) is 39.7 Å². The first-order valence-corrected chi connectivity index (χ1v) is 7.37. The van der Waals surface area contributed by atoms with E-state index in [1.807, 2.05) is 6.07 Å². The smallest absolute Gasteiger partial charge is 0.0931 e. The molecule has 0 saturated carbocycles. The average molecular weight is 331 g/mol. The molecule has 0 spiro atoms. The van der Waals surface area contributed by atoms with Crippen LogP contribution in [-0.2, 0) is 6.54 Å². The van der Waals surface area contributed by atoms with Crippen molar-refractivity contribution in [2.75, 3.05) is 0 Å². The van der Waals surface area contributed by atoms with Gasteiger partial charge in [0, 0.05) is 21.9 Å². The lowest BCUT2D eigenvalue weighted by molar-refractivity contribution is 0.583. The van der Waals surface area contributed by atoms with Gasteiger partial charge in [0.15, 0.2) is 0 Å². The van der Waals surface area contributed by atoms with Crippen molar-refractivity contribution in [3.63, 3.8) is 0 Å². The maximum Gasteiger partial charge on any atom is 0.0931 e. The van der Waals surface area contributed by atoms with E-state index in [1.165, 1.54) is 10.4 Å². The summed E-state index contributed by atoms with van der Waals surface area (Å²) in [5.74, 6) is 0. The molecule has 1 atom stereocenters. The average Bonchev–Trinajstić information content (AvgIpc) is 2.75. The largest absolute Gasteiger partial charge is 0.305 e. The Kier molecular flexibility index (Phi) is 4.62. The minimum atomic E-state index is 0.330. The lowest BCUT2D eigenvalue weighted by Crippen LogP contribution is -2.16. The van der Waals surface area contributed by atoms with Crippen LogP contribution in [0.5, 0.6) is 0 Å². The molecule has 1 nitrogen and oxygen atoms in total. The van der Waals surface area contributed by atoms with Crippen molar-refractivity contribution in [3.8, 4) is 0 Å². The number of halogens is 2. The fourth-order valence-corrected chi connectivity index (χ4v) is 2.89. The van der Waals surface area contributed by atoms with Crippen LogP contribution >= 0.6 is 38.9 Å². The monoisotopic (exact) mass is 329 g/mol. The molecule has 1 aromatic heterocycles. The number of hydrogen-bond acceptors (Lipinski definition) is 2. The second-order valence-corrected chi connectivity index (χ2v) is 6.53. The zero-order chi connectivity index (χ0) is 12.3. The van der Waals surface area contributed by atoms with E-state index in [0.717, 1.165) is 15.4 Å². The second-order valence-electron chi connectivity index (χ2n) is 3.87. The Morgan fingerprint density at radius 1 is 1.24 bits per heavy atom. The topological polar surface area (TPSA) is 12.0 Å². The van der Waals surface area contributed by atoms with Crippen LogP contribution < -0.4 is 5.32 Å². The molecule has 0 aliphatic carbocycles. The Labute approximate surface area is 119 Å². The van der Waals surface area contributed by atoms with Gasteiger partial charge in [-0.2, -0.15) is 0 Å². The van der Waals surface area contributed by atoms with E-state index in [-0.39, 0.29) is 0 Å². The summed E-state index contributed by atoms with van der Waals surface area (Å²) in [7, 11) is 0. The van der Waals surface area contributed by atoms with Gasteiger partial charge in [-0.05, 0) is 36.8 Å². The van der Waals surface area contributed by atoms with Crippen LogP contribution in [0.25, 0.3) is 0 Å². The Balaban J connectivity index is 1.92. The normalized spacial score (nSPS) is 12.6. The third kappa shape index (κ3) is 3.81. The van der Waals surface area contributed by atoms with Gasteiger partial charge in [0.2, 0.25) is 0 Å². The van der Waals surface area contributed by atoms with Crippen LogP contribution in [0, 0.1) is 0 Å². The third-order valence-corrected chi connectivity index (χ3v) is 4.49. The predicted octanol–water partition coefficient (Wildman–Crippen LogP) is 5.01. The van der Waals surface area contributed by atoms with Crippen molar-refractivity contribution in [3.05, 3.63) is 55.6 Å². The van der Waals surface area contributed by atoms with E-state index in [4.69, 9.17) is 11.6 Å². The highest BCUT2D eigenvalue weighted by Gasteiger charge is 2.07. The highest BCUT2D eigenvalue weighted by Crippen LogP contribution is 2.26. The molecule has 0 amide bonds. The molecule has 1 unspecified atom stereocenters. The van der Waals surface area contributed by atoms with Crippen LogP contribution in [-0.4, -0.2) is 0 Å². The molecular formula is C13H13BrClNS. The van der Waals surface area contributed by atoms with E-state index in [2.05, 4.69) is 58.5 Å². The van der Waals surface area contributed by atoms with Gasteiger partial charge in [0.1, 0.15) is 0 Å². The van der Waals surface area contributed by atoms with Gasteiger partial charge in [-0.15, -0.1) is 11.3 Å². The summed E-state index contributed by atoms with van der Waals surface area (Å²) in [5.41, 5.74) is 1.28. The van der Waals surface area contributed by atoms with Gasteiger partial charge < -0.3 is 5.32 Å². The van der Waals surface area contributed by atoms with Crippen molar-refractivity contribution in [1.29, 1.82) is 0 Å². The Bertz CT molecular complexity index is 480. The summed E-state index contributed by atoms with van der Waals surface area (Å²) in [6.45, 7) is 3.02.